The zero-order chi connectivity index (χ0) is 14.9. The second-order valence-corrected chi connectivity index (χ2v) is 4.88. The molecule has 1 heterocycles. The molecule has 0 spiro atoms. The van der Waals surface area contributed by atoms with Crippen LogP contribution in [-0.2, 0) is 4.79 Å². The smallest absolute Gasteiger partial charge is 0.322 e. The third-order valence-electron chi connectivity index (χ3n) is 3.06. The predicted molar refractivity (Wildman–Crippen MR) is 67.7 cm³/mol. The van der Waals surface area contributed by atoms with Crippen LogP contribution in [0.25, 0.3) is 0 Å². The number of benzene rings is 1. The molecule has 20 heavy (non-hydrogen) atoms. The van der Waals surface area contributed by atoms with E-state index in [0.717, 1.165) is 12.1 Å². The van der Waals surface area contributed by atoms with E-state index in [4.69, 9.17) is 16.7 Å². The summed E-state index contributed by atoms with van der Waals surface area (Å²) in [7, 11) is 0. The number of halogens is 3. The maximum absolute atomic E-state index is 13.5. The Balaban J connectivity index is 2.08. The summed E-state index contributed by atoms with van der Waals surface area (Å²) < 4.78 is 27.0. The summed E-state index contributed by atoms with van der Waals surface area (Å²) in [5.74, 6) is -3.63. The van der Waals surface area contributed by atoms with Crippen LogP contribution < -0.4 is 5.32 Å². The first-order chi connectivity index (χ1) is 9.38. The van der Waals surface area contributed by atoms with Gasteiger partial charge in [0.05, 0.1) is 5.92 Å². The molecule has 1 fully saturated rings. The van der Waals surface area contributed by atoms with Crippen LogP contribution in [-0.4, -0.2) is 35.1 Å². The van der Waals surface area contributed by atoms with Gasteiger partial charge in [0.15, 0.2) is 11.6 Å². The molecule has 1 aliphatic heterocycles. The van der Waals surface area contributed by atoms with Crippen molar-refractivity contribution in [2.75, 3.05) is 18.4 Å². The highest BCUT2D eigenvalue weighted by molar-refractivity contribution is 6.30. The van der Waals surface area contributed by atoms with Crippen molar-refractivity contribution in [2.24, 2.45) is 5.92 Å². The molecule has 108 valence electrons. The second kappa shape index (κ2) is 5.62. The first-order valence-electron chi connectivity index (χ1n) is 5.81. The Morgan fingerprint density at radius 1 is 1.35 bits per heavy atom. The van der Waals surface area contributed by atoms with E-state index in [0.29, 0.717) is 6.42 Å². The number of carboxylic acid groups (broad SMARTS) is 1. The highest BCUT2D eigenvalue weighted by Crippen LogP contribution is 2.24. The molecule has 2 amide bonds. The predicted octanol–water partition coefficient (Wildman–Crippen LogP) is 2.56. The van der Waals surface area contributed by atoms with Gasteiger partial charge in [-0.2, -0.15) is 0 Å². The van der Waals surface area contributed by atoms with E-state index >= 15 is 0 Å². The third-order valence-corrected chi connectivity index (χ3v) is 3.28. The molecule has 0 saturated carbocycles. The maximum Gasteiger partial charge on any atom is 0.322 e. The number of amides is 2. The van der Waals surface area contributed by atoms with Crippen LogP contribution in [0, 0.1) is 17.6 Å². The Morgan fingerprint density at radius 3 is 2.45 bits per heavy atom. The third kappa shape index (κ3) is 2.98. The molecule has 1 aliphatic rings. The van der Waals surface area contributed by atoms with Crippen LogP contribution in [0.2, 0.25) is 5.02 Å². The van der Waals surface area contributed by atoms with Gasteiger partial charge in [-0.05, 0) is 18.6 Å². The summed E-state index contributed by atoms with van der Waals surface area (Å²) in [6.45, 7) is 0.234. The van der Waals surface area contributed by atoms with E-state index in [9.17, 15) is 18.4 Å². The van der Waals surface area contributed by atoms with Crippen LogP contribution in [0.1, 0.15) is 6.42 Å². The SMILES string of the molecule is O=C(O)C1CCN(C(=O)Nc2c(F)cc(Cl)cc2F)C1. The lowest BCUT2D eigenvalue weighted by Crippen LogP contribution is -2.34. The van der Waals surface area contributed by atoms with E-state index in [1.807, 2.05) is 0 Å². The molecule has 5 nitrogen and oxygen atoms in total. The van der Waals surface area contributed by atoms with Crippen molar-refractivity contribution in [3.63, 3.8) is 0 Å². The first kappa shape index (κ1) is 14.5. The number of carbonyl (C=O) groups is 2. The average Bonchev–Trinajstić information content (AvgIpc) is 2.83. The minimum atomic E-state index is -0.996. The van der Waals surface area contributed by atoms with Gasteiger partial charge in [-0.25, -0.2) is 13.6 Å². The zero-order valence-electron chi connectivity index (χ0n) is 10.2. The monoisotopic (exact) mass is 304 g/mol. The quantitative estimate of drug-likeness (QED) is 0.882. The molecule has 2 N–H and O–H groups in total. The van der Waals surface area contributed by atoms with Crippen molar-refractivity contribution in [1.29, 1.82) is 0 Å². The standard InChI is InChI=1S/C12H11ClF2N2O3/c13-7-3-8(14)10(9(15)4-7)16-12(20)17-2-1-6(5-17)11(18)19/h3-4,6H,1-2,5H2,(H,16,20)(H,18,19). The molecule has 1 atom stereocenters. The number of nitrogens with zero attached hydrogens (tertiary/aromatic N) is 1. The van der Waals surface area contributed by atoms with Gasteiger partial charge in [-0.15, -0.1) is 0 Å². The number of hydrogen-bond acceptors (Lipinski definition) is 2. The van der Waals surface area contributed by atoms with Gasteiger partial charge in [-0.3, -0.25) is 4.79 Å². The highest BCUT2D eigenvalue weighted by atomic mass is 35.5. The van der Waals surface area contributed by atoms with Crippen LogP contribution >= 0.6 is 11.6 Å². The van der Waals surface area contributed by atoms with Gasteiger partial charge in [0.2, 0.25) is 0 Å². The van der Waals surface area contributed by atoms with Gasteiger partial charge in [-0.1, -0.05) is 11.6 Å². The Kier molecular flexibility index (Phi) is 4.08. The maximum atomic E-state index is 13.5. The number of anilines is 1. The summed E-state index contributed by atoms with van der Waals surface area (Å²) in [4.78, 5) is 23.8. The normalized spacial score (nSPS) is 18.1. The van der Waals surface area contributed by atoms with Crippen molar-refractivity contribution in [3.8, 4) is 0 Å². The zero-order valence-corrected chi connectivity index (χ0v) is 11.0. The number of nitrogens with one attached hydrogen (secondary N) is 1. The summed E-state index contributed by atoms with van der Waals surface area (Å²) in [5.41, 5.74) is -0.599. The number of rotatable bonds is 2. The van der Waals surface area contributed by atoms with Gasteiger partial charge >= 0.3 is 12.0 Å². The Morgan fingerprint density at radius 2 is 1.95 bits per heavy atom. The minimum Gasteiger partial charge on any atom is -0.481 e. The summed E-state index contributed by atoms with van der Waals surface area (Å²) >= 11 is 5.47. The molecule has 0 aliphatic carbocycles. The van der Waals surface area contributed by atoms with Crippen LogP contribution in [0.4, 0.5) is 19.3 Å². The van der Waals surface area contributed by atoms with Gasteiger partial charge < -0.3 is 15.3 Å². The lowest BCUT2D eigenvalue weighted by Gasteiger charge is -2.17. The molecule has 0 radical (unpaired) electrons. The van der Waals surface area contributed by atoms with E-state index in [1.54, 1.807) is 0 Å². The molecular weight excluding hydrogens is 294 g/mol. The van der Waals surface area contributed by atoms with E-state index < -0.39 is 35.2 Å². The number of aliphatic carboxylic acids is 1. The Labute approximate surface area is 118 Å². The Bertz CT molecular complexity index is 545. The van der Waals surface area contributed by atoms with Crippen molar-refractivity contribution in [3.05, 3.63) is 28.8 Å². The topological polar surface area (TPSA) is 69.6 Å². The van der Waals surface area contributed by atoms with Gasteiger partial charge in [0, 0.05) is 18.1 Å². The molecule has 0 bridgehead atoms. The Hall–Kier alpha value is -1.89. The lowest BCUT2D eigenvalue weighted by atomic mass is 10.1. The van der Waals surface area contributed by atoms with E-state index in [2.05, 4.69) is 5.32 Å². The molecule has 8 heteroatoms. The fraction of sp³-hybridized carbons (Fsp3) is 0.333. The fourth-order valence-electron chi connectivity index (χ4n) is 1.99. The van der Waals surface area contributed by atoms with Crippen molar-refractivity contribution in [1.82, 2.24) is 4.90 Å². The van der Waals surface area contributed by atoms with Crippen molar-refractivity contribution in [2.45, 2.75) is 6.42 Å². The number of urea groups is 1. The summed E-state index contributed by atoms with van der Waals surface area (Å²) in [6.07, 6.45) is 0.314. The van der Waals surface area contributed by atoms with Gasteiger partial charge in [0.1, 0.15) is 5.69 Å². The van der Waals surface area contributed by atoms with Gasteiger partial charge in [0.25, 0.3) is 0 Å². The number of likely N-dealkylation sites (tertiary alicyclic amines) is 1. The number of carbonyl (C=O) groups excluding carboxylic acids is 1. The van der Waals surface area contributed by atoms with Crippen LogP contribution in [0.5, 0.6) is 0 Å². The fourth-order valence-corrected chi connectivity index (χ4v) is 2.19. The molecule has 1 unspecified atom stereocenters. The van der Waals surface area contributed by atoms with Crippen LogP contribution in [0.3, 0.4) is 0 Å². The number of carboxylic acids is 1. The largest absolute Gasteiger partial charge is 0.481 e. The van der Waals surface area contributed by atoms with E-state index in [1.165, 1.54) is 4.90 Å². The highest BCUT2D eigenvalue weighted by Gasteiger charge is 2.31. The van der Waals surface area contributed by atoms with Crippen molar-refractivity contribution < 1.29 is 23.5 Å². The molecule has 1 aromatic carbocycles. The second-order valence-electron chi connectivity index (χ2n) is 4.44. The van der Waals surface area contributed by atoms with Crippen LogP contribution in [0.15, 0.2) is 12.1 Å². The first-order valence-corrected chi connectivity index (χ1v) is 6.19. The average molecular weight is 305 g/mol. The lowest BCUT2D eigenvalue weighted by molar-refractivity contribution is -0.141. The molecule has 1 saturated heterocycles. The minimum absolute atomic E-state index is 0.0119. The summed E-state index contributed by atoms with van der Waals surface area (Å²) in [6, 6.07) is 1.02. The summed E-state index contributed by atoms with van der Waals surface area (Å²) in [5, 5.41) is 10.8. The molecular formula is C12H11ClF2N2O3. The van der Waals surface area contributed by atoms with E-state index in [-0.39, 0.29) is 18.1 Å². The molecule has 0 aromatic heterocycles. The molecule has 1 aromatic rings. The van der Waals surface area contributed by atoms with Crippen molar-refractivity contribution >= 4 is 29.3 Å². The molecule has 2 rings (SSSR count). The number of hydrogen-bond donors (Lipinski definition) is 2.